The van der Waals surface area contributed by atoms with Crippen LogP contribution in [0.15, 0.2) is 24.4 Å². The van der Waals surface area contributed by atoms with Crippen LogP contribution in [0.2, 0.25) is 0 Å². The predicted octanol–water partition coefficient (Wildman–Crippen LogP) is 1.99. The number of carbonyl (C=O) groups is 1. The fourth-order valence-electron chi connectivity index (χ4n) is 2.92. The molecule has 0 saturated carbocycles. The molecule has 140 valence electrons. The van der Waals surface area contributed by atoms with Crippen molar-refractivity contribution in [1.82, 2.24) is 14.8 Å². The molecule has 3 heterocycles. The largest absolute Gasteiger partial charge is 0.474 e. The van der Waals surface area contributed by atoms with E-state index in [-0.39, 0.29) is 35.4 Å². The number of anilines is 1. The van der Waals surface area contributed by atoms with Gasteiger partial charge in [-0.25, -0.2) is 18.1 Å². The average Bonchev–Trinajstić information content (AvgIpc) is 3.09. The van der Waals surface area contributed by atoms with Gasteiger partial charge < -0.3 is 10.1 Å². The zero-order valence-electron chi connectivity index (χ0n) is 15.0. The van der Waals surface area contributed by atoms with Crippen LogP contribution >= 0.6 is 0 Å². The number of hydrogen-bond donors (Lipinski definition) is 1. The summed E-state index contributed by atoms with van der Waals surface area (Å²) < 4.78 is 30.7. The van der Waals surface area contributed by atoms with E-state index in [1.54, 1.807) is 36.0 Å². The number of nitrogens with one attached hydrogen (secondary N) is 1. The van der Waals surface area contributed by atoms with Crippen molar-refractivity contribution in [3.8, 4) is 5.88 Å². The molecule has 0 bridgehead atoms. The van der Waals surface area contributed by atoms with E-state index in [0.29, 0.717) is 23.5 Å². The van der Waals surface area contributed by atoms with Gasteiger partial charge in [0.1, 0.15) is 11.4 Å². The highest BCUT2D eigenvalue weighted by molar-refractivity contribution is 7.91. The monoisotopic (exact) mass is 378 g/mol. The molecule has 1 unspecified atom stereocenters. The van der Waals surface area contributed by atoms with Gasteiger partial charge in [-0.1, -0.05) is 0 Å². The summed E-state index contributed by atoms with van der Waals surface area (Å²) in [6.07, 6.45) is 1.93. The van der Waals surface area contributed by atoms with Crippen molar-refractivity contribution in [2.24, 2.45) is 0 Å². The van der Waals surface area contributed by atoms with E-state index in [2.05, 4.69) is 15.4 Å². The first-order chi connectivity index (χ1) is 12.2. The highest BCUT2D eigenvalue weighted by atomic mass is 32.2. The molecule has 1 fully saturated rings. The van der Waals surface area contributed by atoms with Crippen LogP contribution in [0.5, 0.6) is 5.88 Å². The SMILES string of the molecule is Cc1cc(NC(=O)c2cccnc2OC(C)C)n(C2CCS(=O)(=O)C2)n1. The van der Waals surface area contributed by atoms with E-state index in [1.165, 1.54) is 0 Å². The van der Waals surface area contributed by atoms with Crippen LogP contribution in [-0.2, 0) is 9.84 Å². The Bertz CT molecular complexity index is 921. The Morgan fingerprint density at radius 1 is 1.42 bits per heavy atom. The van der Waals surface area contributed by atoms with Crippen molar-refractivity contribution in [2.75, 3.05) is 16.8 Å². The summed E-state index contributed by atoms with van der Waals surface area (Å²) in [4.78, 5) is 16.9. The first kappa shape index (κ1) is 18.4. The van der Waals surface area contributed by atoms with Crippen molar-refractivity contribution in [1.29, 1.82) is 0 Å². The third-order valence-electron chi connectivity index (χ3n) is 4.02. The second kappa shape index (κ2) is 7.06. The molecule has 2 aromatic heterocycles. The smallest absolute Gasteiger partial charge is 0.262 e. The standard InChI is InChI=1S/C17H22N4O4S/c1-11(2)25-17-14(5-4-7-18-17)16(22)19-15-9-12(3)20-21(15)13-6-8-26(23,24)10-13/h4-5,7,9,11,13H,6,8,10H2,1-3H3,(H,19,22). The zero-order chi connectivity index (χ0) is 18.9. The molecule has 26 heavy (non-hydrogen) atoms. The molecule has 1 aliphatic heterocycles. The Labute approximate surface area is 152 Å². The highest BCUT2D eigenvalue weighted by Gasteiger charge is 2.31. The Hall–Kier alpha value is -2.42. The molecule has 0 aliphatic carbocycles. The fourth-order valence-corrected chi connectivity index (χ4v) is 4.61. The number of hydrogen-bond acceptors (Lipinski definition) is 6. The summed E-state index contributed by atoms with van der Waals surface area (Å²) in [7, 11) is -3.06. The van der Waals surface area contributed by atoms with Gasteiger partial charge in [-0.05, 0) is 39.3 Å². The van der Waals surface area contributed by atoms with Crippen molar-refractivity contribution < 1.29 is 17.9 Å². The van der Waals surface area contributed by atoms with E-state index in [4.69, 9.17) is 4.74 Å². The summed E-state index contributed by atoms with van der Waals surface area (Å²) in [6, 6.07) is 4.74. The van der Waals surface area contributed by atoms with Crippen LogP contribution in [-0.4, -0.2) is 46.7 Å². The minimum atomic E-state index is -3.06. The number of pyridine rings is 1. The number of nitrogens with zero attached hydrogens (tertiary/aromatic N) is 3. The minimum absolute atomic E-state index is 0.0333. The van der Waals surface area contributed by atoms with Gasteiger partial charge in [0.2, 0.25) is 5.88 Å². The molecular weight excluding hydrogens is 356 g/mol. The number of ether oxygens (including phenoxy) is 1. The molecule has 0 radical (unpaired) electrons. The van der Waals surface area contributed by atoms with Gasteiger partial charge in [-0.2, -0.15) is 5.10 Å². The maximum absolute atomic E-state index is 12.7. The van der Waals surface area contributed by atoms with Gasteiger partial charge in [0.05, 0.1) is 29.3 Å². The van der Waals surface area contributed by atoms with Gasteiger partial charge in [0, 0.05) is 12.3 Å². The van der Waals surface area contributed by atoms with Crippen molar-refractivity contribution in [3.63, 3.8) is 0 Å². The predicted molar refractivity (Wildman–Crippen MR) is 97.2 cm³/mol. The van der Waals surface area contributed by atoms with Crippen LogP contribution in [0.3, 0.4) is 0 Å². The van der Waals surface area contributed by atoms with E-state index in [0.717, 1.165) is 0 Å². The summed E-state index contributed by atoms with van der Waals surface area (Å²) >= 11 is 0. The topological polar surface area (TPSA) is 103 Å². The van der Waals surface area contributed by atoms with Crippen LogP contribution in [0, 0.1) is 6.92 Å². The van der Waals surface area contributed by atoms with E-state index < -0.39 is 9.84 Å². The molecule has 1 saturated heterocycles. The molecular formula is C17H22N4O4S. The van der Waals surface area contributed by atoms with Gasteiger partial charge in [0.15, 0.2) is 9.84 Å². The number of aromatic nitrogens is 3. The van der Waals surface area contributed by atoms with Crippen LogP contribution < -0.4 is 10.1 Å². The first-order valence-corrected chi connectivity index (χ1v) is 10.3. The summed E-state index contributed by atoms with van der Waals surface area (Å²) in [6.45, 7) is 5.51. The van der Waals surface area contributed by atoms with E-state index >= 15 is 0 Å². The molecule has 1 aliphatic rings. The molecule has 0 spiro atoms. The maximum atomic E-state index is 12.7. The lowest BCUT2D eigenvalue weighted by molar-refractivity contribution is 0.101. The minimum Gasteiger partial charge on any atom is -0.474 e. The molecule has 1 atom stereocenters. The van der Waals surface area contributed by atoms with Crippen LogP contribution in [0.1, 0.15) is 42.4 Å². The molecule has 3 rings (SSSR count). The lowest BCUT2D eigenvalue weighted by atomic mass is 10.2. The average molecular weight is 378 g/mol. The number of sulfone groups is 1. The summed E-state index contributed by atoms with van der Waals surface area (Å²) in [5.41, 5.74) is 1.01. The highest BCUT2D eigenvalue weighted by Crippen LogP contribution is 2.28. The van der Waals surface area contributed by atoms with Crippen LogP contribution in [0.25, 0.3) is 0 Å². The quantitative estimate of drug-likeness (QED) is 0.853. The second-order valence-corrected chi connectivity index (χ2v) is 8.88. The third kappa shape index (κ3) is 4.04. The fraction of sp³-hybridized carbons (Fsp3) is 0.471. The third-order valence-corrected chi connectivity index (χ3v) is 5.77. The van der Waals surface area contributed by atoms with Gasteiger partial charge >= 0.3 is 0 Å². The summed E-state index contributed by atoms with van der Waals surface area (Å²) in [5, 5.41) is 7.18. The molecule has 1 N–H and O–H groups in total. The number of amides is 1. The summed E-state index contributed by atoms with van der Waals surface area (Å²) in [5.74, 6) is 0.515. The Balaban J connectivity index is 1.85. The zero-order valence-corrected chi connectivity index (χ0v) is 15.8. The number of carbonyl (C=O) groups excluding carboxylic acids is 1. The molecule has 1 amide bonds. The Morgan fingerprint density at radius 3 is 2.85 bits per heavy atom. The van der Waals surface area contributed by atoms with Crippen molar-refractivity contribution >= 4 is 21.6 Å². The molecule has 2 aromatic rings. The maximum Gasteiger partial charge on any atom is 0.262 e. The lowest BCUT2D eigenvalue weighted by Crippen LogP contribution is -2.21. The Morgan fingerprint density at radius 2 is 2.19 bits per heavy atom. The molecule has 8 nitrogen and oxygen atoms in total. The lowest BCUT2D eigenvalue weighted by Gasteiger charge is -2.15. The van der Waals surface area contributed by atoms with E-state index in [1.807, 2.05) is 13.8 Å². The van der Waals surface area contributed by atoms with Gasteiger partial charge in [-0.3, -0.25) is 4.79 Å². The Kier molecular flexibility index (Phi) is 4.99. The van der Waals surface area contributed by atoms with Crippen LogP contribution in [0.4, 0.5) is 5.82 Å². The molecule has 0 aromatic carbocycles. The first-order valence-electron chi connectivity index (χ1n) is 8.45. The van der Waals surface area contributed by atoms with Gasteiger partial charge in [-0.15, -0.1) is 0 Å². The normalized spacial score (nSPS) is 18.8. The molecule has 9 heteroatoms. The van der Waals surface area contributed by atoms with Crippen molar-refractivity contribution in [3.05, 3.63) is 35.7 Å². The second-order valence-electron chi connectivity index (χ2n) is 6.65. The number of aryl methyl sites for hydroxylation is 1. The number of rotatable bonds is 5. The van der Waals surface area contributed by atoms with E-state index in [9.17, 15) is 13.2 Å². The van der Waals surface area contributed by atoms with Gasteiger partial charge in [0.25, 0.3) is 5.91 Å². The van der Waals surface area contributed by atoms with Crippen molar-refractivity contribution in [2.45, 2.75) is 39.3 Å².